The van der Waals surface area contributed by atoms with Gasteiger partial charge in [-0.25, -0.2) is 0 Å². The Hall–Kier alpha value is -1.86. The summed E-state index contributed by atoms with van der Waals surface area (Å²) in [5.41, 5.74) is 9.08. The van der Waals surface area contributed by atoms with Crippen LogP contribution in [0.5, 0.6) is 5.75 Å². The number of nitrogens with one attached hydrogen (secondary N) is 1. The molecule has 0 aliphatic heterocycles. The standard InChI is InChI=1S/C21H19BrN2O2S.ClH/c1-21(2,10-23)12-5-3-11(4-6-12)16-15(25)9-14(22)18-17(16)13-7-8-27-19(13)20(26)24-18;/h3-9,25H,10,23H2,1-2H3,(H,24,26);1H. The summed E-state index contributed by atoms with van der Waals surface area (Å²) >= 11 is 4.87. The number of hydrogen-bond acceptors (Lipinski definition) is 4. The molecule has 7 heteroatoms. The van der Waals surface area contributed by atoms with E-state index in [0.717, 1.165) is 21.9 Å². The average Bonchev–Trinajstić information content (AvgIpc) is 3.14. The first-order valence-electron chi connectivity index (χ1n) is 8.59. The molecule has 0 saturated carbocycles. The van der Waals surface area contributed by atoms with Gasteiger partial charge in [0.05, 0.1) is 5.52 Å². The fraction of sp³-hybridized carbons (Fsp3) is 0.190. The summed E-state index contributed by atoms with van der Waals surface area (Å²) < 4.78 is 1.31. The summed E-state index contributed by atoms with van der Waals surface area (Å²) in [5.74, 6) is 0.166. The molecule has 4 aromatic rings. The molecule has 0 saturated heterocycles. The van der Waals surface area contributed by atoms with Gasteiger partial charge in [-0.15, -0.1) is 23.7 Å². The number of halogens is 2. The molecule has 2 aromatic carbocycles. The molecule has 0 atom stereocenters. The Morgan fingerprint density at radius 3 is 2.54 bits per heavy atom. The first-order chi connectivity index (χ1) is 12.8. The van der Waals surface area contributed by atoms with Crippen molar-refractivity contribution < 1.29 is 5.11 Å². The van der Waals surface area contributed by atoms with Crippen LogP contribution in [-0.4, -0.2) is 16.6 Å². The minimum absolute atomic E-state index is 0. The summed E-state index contributed by atoms with van der Waals surface area (Å²) in [6, 6.07) is 11.7. The maximum Gasteiger partial charge on any atom is 0.266 e. The highest BCUT2D eigenvalue weighted by Gasteiger charge is 2.20. The second-order valence-electron chi connectivity index (χ2n) is 7.29. The molecule has 0 aliphatic carbocycles. The minimum atomic E-state index is -0.120. The summed E-state index contributed by atoms with van der Waals surface area (Å²) in [6.45, 7) is 4.76. The number of aromatic hydroxyl groups is 1. The number of H-pyrrole nitrogens is 1. The maximum absolute atomic E-state index is 12.4. The van der Waals surface area contributed by atoms with E-state index in [1.54, 1.807) is 6.07 Å². The van der Waals surface area contributed by atoms with Gasteiger partial charge >= 0.3 is 0 Å². The Morgan fingerprint density at radius 2 is 1.89 bits per heavy atom. The number of nitrogens with two attached hydrogens (primary N) is 1. The third kappa shape index (κ3) is 3.24. The Bertz CT molecular complexity index is 1230. The molecule has 0 bridgehead atoms. The highest BCUT2D eigenvalue weighted by molar-refractivity contribution is 9.10. The SMILES string of the molecule is CC(C)(CN)c1ccc(-c2c(O)cc(Br)c3[nH]c(=O)c4sccc4c23)cc1.Cl. The van der Waals surface area contributed by atoms with Crippen molar-refractivity contribution in [2.24, 2.45) is 5.73 Å². The summed E-state index contributed by atoms with van der Waals surface area (Å²) in [4.78, 5) is 15.3. The largest absolute Gasteiger partial charge is 0.507 e. The Labute approximate surface area is 180 Å². The van der Waals surface area contributed by atoms with Crippen LogP contribution in [0.15, 0.2) is 51.0 Å². The zero-order valence-corrected chi connectivity index (χ0v) is 18.6. The molecule has 4 nitrogen and oxygen atoms in total. The molecule has 0 fully saturated rings. The lowest BCUT2D eigenvalue weighted by molar-refractivity contribution is 0.477. The lowest BCUT2D eigenvalue weighted by Gasteiger charge is -2.23. The van der Waals surface area contributed by atoms with Crippen LogP contribution in [0.3, 0.4) is 0 Å². The normalized spacial score (nSPS) is 11.7. The van der Waals surface area contributed by atoms with Crippen molar-refractivity contribution in [1.29, 1.82) is 0 Å². The van der Waals surface area contributed by atoms with Crippen molar-refractivity contribution in [3.63, 3.8) is 0 Å². The van der Waals surface area contributed by atoms with Crippen molar-refractivity contribution in [3.8, 4) is 16.9 Å². The molecule has 0 unspecified atom stereocenters. The zero-order valence-electron chi connectivity index (χ0n) is 15.4. The first-order valence-corrected chi connectivity index (χ1v) is 10.3. The maximum atomic E-state index is 12.4. The Morgan fingerprint density at radius 1 is 1.21 bits per heavy atom. The topological polar surface area (TPSA) is 79.1 Å². The van der Waals surface area contributed by atoms with Crippen LogP contribution in [0.1, 0.15) is 19.4 Å². The predicted octanol–water partition coefficient (Wildman–Crippen LogP) is 5.54. The van der Waals surface area contributed by atoms with Gasteiger partial charge in [-0.1, -0.05) is 38.1 Å². The van der Waals surface area contributed by atoms with Crippen LogP contribution < -0.4 is 11.3 Å². The van der Waals surface area contributed by atoms with Gasteiger partial charge in [-0.2, -0.15) is 0 Å². The first kappa shape index (κ1) is 20.9. The molecule has 2 heterocycles. The van der Waals surface area contributed by atoms with Crippen molar-refractivity contribution in [2.45, 2.75) is 19.3 Å². The molecule has 4 N–H and O–H groups in total. The molecule has 28 heavy (non-hydrogen) atoms. The molecule has 0 amide bonds. The second-order valence-corrected chi connectivity index (χ2v) is 9.06. The fourth-order valence-electron chi connectivity index (χ4n) is 3.38. The van der Waals surface area contributed by atoms with E-state index in [1.807, 2.05) is 35.7 Å². The van der Waals surface area contributed by atoms with E-state index >= 15 is 0 Å². The number of pyridine rings is 1. The van der Waals surface area contributed by atoms with Gasteiger partial charge in [0, 0.05) is 32.8 Å². The molecule has 2 aromatic heterocycles. The van der Waals surface area contributed by atoms with E-state index in [0.29, 0.717) is 26.8 Å². The zero-order chi connectivity index (χ0) is 19.3. The van der Waals surface area contributed by atoms with E-state index in [9.17, 15) is 9.90 Å². The number of fused-ring (bicyclic) bond motifs is 3. The number of thiophene rings is 1. The molecule has 0 radical (unpaired) electrons. The van der Waals surface area contributed by atoms with Gasteiger partial charge < -0.3 is 15.8 Å². The number of aromatic nitrogens is 1. The minimum Gasteiger partial charge on any atom is -0.507 e. The molecule has 0 spiro atoms. The second kappa shape index (κ2) is 7.52. The Kier molecular flexibility index (Phi) is 5.60. The van der Waals surface area contributed by atoms with E-state index in [4.69, 9.17) is 5.73 Å². The summed E-state index contributed by atoms with van der Waals surface area (Å²) in [5, 5.41) is 14.3. The van der Waals surface area contributed by atoms with Gasteiger partial charge in [0.25, 0.3) is 5.56 Å². The van der Waals surface area contributed by atoms with Gasteiger partial charge in [-0.05, 0) is 44.6 Å². The molecule has 0 aliphatic rings. The van der Waals surface area contributed by atoms with Crippen molar-refractivity contribution in [3.05, 3.63) is 62.2 Å². The lowest BCUT2D eigenvalue weighted by atomic mass is 9.84. The van der Waals surface area contributed by atoms with Crippen molar-refractivity contribution in [1.82, 2.24) is 4.98 Å². The van der Waals surface area contributed by atoms with E-state index in [2.05, 4.69) is 34.8 Å². The Balaban J connectivity index is 0.00000225. The van der Waals surface area contributed by atoms with Gasteiger partial charge in [0.15, 0.2) is 0 Å². The van der Waals surface area contributed by atoms with Crippen LogP contribution >= 0.6 is 39.7 Å². The average molecular weight is 480 g/mol. The van der Waals surface area contributed by atoms with Crippen LogP contribution in [-0.2, 0) is 5.41 Å². The number of aromatic amines is 1. The highest BCUT2D eigenvalue weighted by Crippen LogP contribution is 2.43. The van der Waals surface area contributed by atoms with Crippen LogP contribution in [0.25, 0.3) is 32.1 Å². The number of rotatable bonds is 3. The fourth-order valence-corrected chi connectivity index (χ4v) is 4.69. The van der Waals surface area contributed by atoms with Crippen LogP contribution in [0.2, 0.25) is 0 Å². The highest BCUT2D eigenvalue weighted by atomic mass is 79.9. The summed E-state index contributed by atoms with van der Waals surface area (Å²) in [6.07, 6.45) is 0. The van der Waals surface area contributed by atoms with Crippen molar-refractivity contribution in [2.75, 3.05) is 6.54 Å². The molecule has 4 rings (SSSR count). The number of phenols is 1. The lowest BCUT2D eigenvalue weighted by Crippen LogP contribution is -2.27. The molecular formula is C21H20BrClN2O2S. The van der Waals surface area contributed by atoms with Crippen LogP contribution in [0, 0.1) is 0 Å². The van der Waals surface area contributed by atoms with E-state index in [-0.39, 0.29) is 29.1 Å². The number of hydrogen-bond donors (Lipinski definition) is 3. The third-order valence-corrected chi connectivity index (χ3v) is 6.64. The predicted molar refractivity (Wildman–Crippen MR) is 124 cm³/mol. The molecular weight excluding hydrogens is 460 g/mol. The van der Waals surface area contributed by atoms with Gasteiger partial charge in [0.2, 0.25) is 0 Å². The molecule has 146 valence electrons. The van der Waals surface area contributed by atoms with Gasteiger partial charge in [0.1, 0.15) is 10.4 Å². The van der Waals surface area contributed by atoms with E-state index < -0.39 is 0 Å². The summed E-state index contributed by atoms with van der Waals surface area (Å²) in [7, 11) is 0. The van der Waals surface area contributed by atoms with Crippen LogP contribution in [0.4, 0.5) is 0 Å². The van der Waals surface area contributed by atoms with Gasteiger partial charge in [-0.3, -0.25) is 4.79 Å². The smallest absolute Gasteiger partial charge is 0.266 e. The quantitative estimate of drug-likeness (QED) is 0.361. The third-order valence-electron chi connectivity index (χ3n) is 5.10. The van der Waals surface area contributed by atoms with E-state index in [1.165, 1.54) is 11.3 Å². The monoisotopic (exact) mass is 478 g/mol. The number of phenolic OH excluding ortho intramolecular Hbond substituents is 1. The number of benzene rings is 2. The van der Waals surface area contributed by atoms with Crippen molar-refractivity contribution >= 4 is 60.7 Å².